The number of carbonyl (C=O) groups excluding carboxylic acids is 2. The molecule has 0 spiro atoms. The number of nitrogens with zero attached hydrogens (tertiary/aromatic N) is 2. The number of primary amides is 1. The molecule has 7 heteroatoms. The van der Waals surface area contributed by atoms with Gasteiger partial charge < -0.3 is 10.5 Å². The van der Waals surface area contributed by atoms with Gasteiger partial charge in [-0.3, -0.25) is 9.59 Å². The largest absolute Gasteiger partial charge is 0.448 e. The van der Waals surface area contributed by atoms with Gasteiger partial charge in [-0.2, -0.15) is 5.10 Å². The van der Waals surface area contributed by atoms with E-state index in [9.17, 15) is 14.4 Å². The van der Waals surface area contributed by atoms with E-state index in [0.717, 1.165) is 0 Å². The molecular formula is C15H17N3O4. The third-order valence-electron chi connectivity index (χ3n) is 3.18. The lowest BCUT2D eigenvalue weighted by Gasteiger charge is -2.12. The number of aryl methyl sites for hydroxylation is 1. The lowest BCUT2D eigenvalue weighted by atomic mass is 10.1. The molecule has 7 nitrogen and oxygen atoms in total. The van der Waals surface area contributed by atoms with Crippen LogP contribution in [-0.2, 0) is 16.1 Å². The fourth-order valence-electron chi connectivity index (χ4n) is 2.02. The van der Waals surface area contributed by atoms with E-state index >= 15 is 0 Å². The van der Waals surface area contributed by atoms with Crippen LogP contribution in [0.4, 0.5) is 0 Å². The number of esters is 1. The van der Waals surface area contributed by atoms with E-state index in [1.165, 1.54) is 11.6 Å². The van der Waals surface area contributed by atoms with Gasteiger partial charge in [-0.25, -0.2) is 9.48 Å². The van der Waals surface area contributed by atoms with Crippen LogP contribution in [0.3, 0.4) is 0 Å². The molecule has 1 heterocycles. The smallest absolute Gasteiger partial charge is 0.360 e. The van der Waals surface area contributed by atoms with Crippen LogP contribution in [0, 0.1) is 0 Å². The number of hydrogen-bond donors (Lipinski definition) is 1. The third kappa shape index (κ3) is 2.98. The third-order valence-corrected chi connectivity index (χ3v) is 3.18. The number of aromatic nitrogens is 2. The fourth-order valence-corrected chi connectivity index (χ4v) is 2.02. The number of benzene rings is 1. The standard InChI is InChI=1S/C15H17N3O4/c1-3-8-18-14(20)11-7-5-4-6-10(11)12(17-18)15(21)22-9(2)13(16)19/h4-7,9H,3,8H2,1-2H3,(H2,16,19)/t9-/m0/s1. The van der Waals surface area contributed by atoms with E-state index in [0.29, 0.717) is 23.7 Å². The molecule has 0 saturated carbocycles. The number of hydrogen-bond acceptors (Lipinski definition) is 5. The number of amides is 1. The second-order valence-electron chi connectivity index (χ2n) is 4.87. The van der Waals surface area contributed by atoms with Crippen molar-refractivity contribution in [3.05, 3.63) is 40.3 Å². The number of carbonyl (C=O) groups is 2. The lowest BCUT2D eigenvalue weighted by molar-refractivity contribution is -0.125. The van der Waals surface area contributed by atoms with Gasteiger partial charge in [0.05, 0.1) is 5.39 Å². The molecule has 0 radical (unpaired) electrons. The highest BCUT2D eigenvalue weighted by atomic mass is 16.5. The average molecular weight is 303 g/mol. The Morgan fingerprint density at radius 3 is 2.55 bits per heavy atom. The van der Waals surface area contributed by atoms with E-state index in [4.69, 9.17) is 10.5 Å². The van der Waals surface area contributed by atoms with Gasteiger partial charge in [0.15, 0.2) is 11.8 Å². The zero-order valence-corrected chi connectivity index (χ0v) is 12.4. The molecule has 0 aliphatic carbocycles. The Morgan fingerprint density at radius 2 is 1.95 bits per heavy atom. The molecule has 1 atom stereocenters. The SMILES string of the molecule is CCCn1nc(C(=O)O[C@@H](C)C(N)=O)c2ccccc2c1=O. The minimum absolute atomic E-state index is 0.00301. The maximum absolute atomic E-state index is 12.3. The maximum Gasteiger partial charge on any atom is 0.360 e. The molecule has 0 fully saturated rings. The van der Waals surface area contributed by atoms with Crippen molar-refractivity contribution in [1.29, 1.82) is 0 Å². The van der Waals surface area contributed by atoms with Crippen molar-refractivity contribution in [2.45, 2.75) is 32.9 Å². The quantitative estimate of drug-likeness (QED) is 0.824. The fraction of sp³-hybridized carbons (Fsp3) is 0.333. The van der Waals surface area contributed by atoms with Crippen LogP contribution < -0.4 is 11.3 Å². The zero-order valence-electron chi connectivity index (χ0n) is 12.4. The van der Waals surface area contributed by atoms with E-state index in [-0.39, 0.29) is 11.3 Å². The molecule has 1 amide bonds. The molecule has 1 aromatic carbocycles. The summed E-state index contributed by atoms with van der Waals surface area (Å²) in [4.78, 5) is 35.6. The summed E-state index contributed by atoms with van der Waals surface area (Å²) in [5, 5.41) is 4.85. The summed E-state index contributed by atoms with van der Waals surface area (Å²) in [7, 11) is 0. The highest BCUT2D eigenvalue weighted by Crippen LogP contribution is 2.15. The van der Waals surface area contributed by atoms with Gasteiger partial charge in [-0.05, 0) is 19.4 Å². The normalized spacial score (nSPS) is 12.1. The summed E-state index contributed by atoms with van der Waals surface area (Å²) in [5.41, 5.74) is 4.82. The van der Waals surface area contributed by atoms with Crippen LogP contribution in [-0.4, -0.2) is 27.8 Å². The zero-order chi connectivity index (χ0) is 16.3. The second kappa shape index (κ2) is 6.38. The van der Waals surface area contributed by atoms with Crippen LogP contribution in [0.15, 0.2) is 29.1 Å². The molecule has 0 aliphatic rings. The molecule has 0 saturated heterocycles. The Morgan fingerprint density at radius 1 is 1.32 bits per heavy atom. The molecule has 116 valence electrons. The Kier molecular flexibility index (Phi) is 4.55. The van der Waals surface area contributed by atoms with Crippen molar-refractivity contribution in [3.63, 3.8) is 0 Å². The first-order chi connectivity index (χ1) is 10.5. The van der Waals surface area contributed by atoms with Crippen molar-refractivity contribution < 1.29 is 14.3 Å². The minimum atomic E-state index is -1.07. The molecule has 2 rings (SSSR count). The van der Waals surface area contributed by atoms with E-state index < -0.39 is 18.0 Å². The van der Waals surface area contributed by atoms with Crippen molar-refractivity contribution in [2.75, 3.05) is 0 Å². The molecule has 2 N–H and O–H groups in total. The highest BCUT2D eigenvalue weighted by molar-refractivity contribution is 6.02. The van der Waals surface area contributed by atoms with E-state index in [1.807, 2.05) is 6.92 Å². The predicted molar refractivity (Wildman–Crippen MR) is 80.4 cm³/mol. The first-order valence-corrected chi connectivity index (χ1v) is 6.95. The van der Waals surface area contributed by atoms with Gasteiger partial charge in [0.1, 0.15) is 0 Å². The average Bonchev–Trinajstić information content (AvgIpc) is 2.50. The monoisotopic (exact) mass is 303 g/mol. The van der Waals surface area contributed by atoms with Gasteiger partial charge in [0.25, 0.3) is 11.5 Å². The summed E-state index contributed by atoms with van der Waals surface area (Å²) in [6, 6.07) is 6.65. The summed E-state index contributed by atoms with van der Waals surface area (Å²) in [6.45, 7) is 3.66. The molecule has 0 aliphatic heterocycles. The second-order valence-corrected chi connectivity index (χ2v) is 4.87. The van der Waals surface area contributed by atoms with Crippen molar-refractivity contribution >= 4 is 22.6 Å². The Bertz CT molecular complexity index is 782. The van der Waals surface area contributed by atoms with Crippen LogP contribution in [0.25, 0.3) is 10.8 Å². The van der Waals surface area contributed by atoms with Crippen LogP contribution >= 0.6 is 0 Å². The summed E-state index contributed by atoms with van der Waals surface area (Å²) in [6.07, 6.45) is -0.378. The highest BCUT2D eigenvalue weighted by Gasteiger charge is 2.21. The van der Waals surface area contributed by atoms with E-state index in [1.54, 1.807) is 24.3 Å². The number of ether oxygens (including phenoxy) is 1. The predicted octanol–water partition coefficient (Wildman–Crippen LogP) is 0.837. The van der Waals surface area contributed by atoms with Gasteiger partial charge >= 0.3 is 5.97 Å². The van der Waals surface area contributed by atoms with Crippen LogP contribution in [0.1, 0.15) is 30.8 Å². The number of rotatable bonds is 5. The maximum atomic E-state index is 12.3. The van der Waals surface area contributed by atoms with Gasteiger partial charge in [0, 0.05) is 11.9 Å². The molecule has 1 aromatic heterocycles. The van der Waals surface area contributed by atoms with Crippen molar-refractivity contribution in [3.8, 4) is 0 Å². The van der Waals surface area contributed by atoms with Crippen LogP contribution in [0.5, 0.6) is 0 Å². The summed E-state index contributed by atoms with van der Waals surface area (Å²) in [5.74, 6) is -1.54. The number of fused-ring (bicyclic) bond motifs is 1. The lowest BCUT2D eigenvalue weighted by Crippen LogP contribution is -2.32. The van der Waals surface area contributed by atoms with Gasteiger partial charge in [-0.1, -0.05) is 25.1 Å². The van der Waals surface area contributed by atoms with Crippen LogP contribution in [0.2, 0.25) is 0 Å². The molecule has 2 aromatic rings. The Labute approximate surface area is 126 Å². The summed E-state index contributed by atoms with van der Waals surface area (Å²) >= 11 is 0. The van der Waals surface area contributed by atoms with Gasteiger partial charge in [0.2, 0.25) is 0 Å². The summed E-state index contributed by atoms with van der Waals surface area (Å²) < 4.78 is 6.22. The Hall–Kier alpha value is -2.70. The molecule has 0 bridgehead atoms. The molecule has 22 heavy (non-hydrogen) atoms. The van der Waals surface area contributed by atoms with Gasteiger partial charge in [-0.15, -0.1) is 0 Å². The number of nitrogens with two attached hydrogens (primary N) is 1. The van der Waals surface area contributed by atoms with Crippen molar-refractivity contribution in [2.24, 2.45) is 5.73 Å². The molecular weight excluding hydrogens is 286 g/mol. The topological polar surface area (TPSA) is 104 Å². The van der Waals surface area contributed by atoms with E-state index in [2.05, 4.69) is 5.10 Å². The first kappa shape index (κ1) is 15.7. The molecule has 0 unspecified atom stereocenters. The van der Waals surface area contributed by atoms with Crippen molar-refractivity contribution in [1.82, 2.24) is 9.78 Å². The minimum Gasteiger partial charge on any atom is -0.448 e. The first-order valence-electron chi connectivity index (χ1n) is 6.95. The Balaban J connectivity index is 2.57.